The van der Waals surface area contributed by atoms with Crippen molar-refractivity contribution in [3.8, 4) is 0 Å². The van der Waals surface area contributed by atoms with Crippen LogP contribution < -0.4 is 5.32 Å². The molecule has 1 amide bonds. The lowest BCUT2D eigenvalue weighted by Gasteiger charge is -1.96. The van der Waals surface area contributed by atoms with E-state index in [1.54, 1.807) is 18.5 Å². The first-order valence-corrected chi connectivity index (χ1v) is 4.52. The molecule has 0 atom stereocenters. The summed E-state index contributed by atoms with van der Waals surface area (Å²) in [5.74, 6) is -0.0799. The Kier molecular flexibility index (Phi) is 2.18. The topological polar surface area (TPSA) is 57.8 Å². The second-order valence-electron chi connectivity index (χ2n) is 3.01. The number of carbonyl (C=O) groups excluding carboxylic acids is 1. The van der Waals surface area contributed by atoms with Gasteiger partial charge in [-0.15, -0.1) is 0 Å². The molecule has 2 aromatic rings. The number of amides is 1. The lowest BCUT2D eigenvalue weighted by atomic mass is 10.3. The van der Waals surface area contributed by atoms with Gasteiger partial charge in [0.2, 0.25) is 0 Å². The molecule has 4 nitrogen and oxygen atoms in total. The molecule has 2 N–H and O–H groups in total. The van der Waals surface area contributed by atoms with Crippen molar-refractivity contribution < 1.29 is 4.79 Å². The molecule has 0 aliphatic heterocycles. The van der Waals surface area contributed by atoms with Crippen molar-refractivity contribution >= 4 is 16.8 Å². The van der Waals surface area contributed by atoms with Crippen LogP contribution >= 0.6 is 0 Å². The maximum absolute atomic E-state index is 11.5. The summed E-state index contributed by atoms with van der Waals surface area (Å²) >= 11 is 0. The molecule has 72 valence electrons. The quantitative estimate of drug-likeness (QED) is 0.748. The van der Waals surface area contributed by atoms with Crippen LogP contribution in [0.25, 0.3) is 10.9 Å². The molecule has 14 heavy (non-hydrogen) atoms. The maximum atomic E-state index is 11.5. The standard InChI is InChI=1S/C10H11N3O/c1-2-12-10(14)9-5-7-6-11-4-3-8(7)13-9/h3-6,13H,2H2,1H3,(H,12,14). The van der Waals surface area contributed by atoms with Crippen molar-refractivity contribution in [2.24, 2.45) is 0 Å². The number of fused-ring (bicyclic) bond motifs is 1. The van der Waals surface area contributed by atoms with E-state index in [-0.39, 0.29) is 5.91 Å². The van der Waals surface area contributed by atoms with E-state index in [2.05, 4.69) is 15.3 Å². The monoisotopic (exact) mass is 189 g/mol. The van der Waals surface area contributed by atoms with Gasteiger partial charge in [-0.1, -0.05) is 0 Å². The molecule has 2 rings (SSSR count). The minimum atomic E-state index is -0.0799. The van der Waals surface area contributed by atoms with Gasteiger partial charge in [0, 0.05) is 29.8 Å². The molecule has 0 fully saturated rings. The summed E-state index contributed by atoms with van der Waals surface area (Å²) in [7, 11) is 0. The third-order valence-electron chi connectivity index (χ3n) is 2.00. The second kappa shape index (κ2) is 3.49. The third kappa shape index (κ3) is 1.46. The highest BCUT2D eigenvalue weighted by atomic mass is 16.1. The lowest BCUT2D eigenvalue weighted by Crippen LogP contribution is -2.22. The Bertz CT molecular complexity index is 428. The van der Waals surface area contributed by atoms with Crippen LogP contribution in [0.3, 0.4) is 0 Å². The summed E-state index contributed by atoms with van der Waals surface area (Å²) in [6.45, 7) is 2.52. The molecule has 2 aromatic heterocycles. The maximum Gasteiger partial charge on any atom is 0.267 e. The van der Waals surface area contributed by atoms with E-state index in [0.29, 0.717) is 12.2 Å². The Morgan fingerprint density at radius 3 is 3.21 bits per heavy atom. The first-order valence-electron chi connectivity index (χ1n) is 4.52. The third-order valence-corrected chi connectivity index (χ3v) is 2.00. The van der Waals surface area contributed by atoms with Gasteiger partial charge in [0.05, 0.1) is 0 Å². The zero-order chi connectivity index (χ0) is 9.97. The minimum absolute atomic E-state index is 0.0799. The highest BCUT2D eigenvalue weighted by Crippen LogP contribution is 2.12. The lowest BCUT2D eigenvalue weighted by molar-refractivity contribution is 0.0951. The van der Waals surface area contributed by atoms with Crippen LogP contribution in [0.4, 0.5) is 0 Å². The first-order chi connectivity index (χ1) is 6.81. The fourth-order valence-corrected chi connectivity index (χ4v) is 1.35. The van der Waals surface area contributed by atoms with Gasteiger partial charge in [-0.25, -0.2) is 0 Å². The van der Waals surface area contributed by atoms with Gasteiger partial charge >= 0.3 is 0 Å². The van der Waals surface area contributed by atoms with E-state index in [1.165, 1.54) is 0 Å². The molecule has 0 spiro atoms. The van der Waals surface area contributed by atoms with Crippen LogP contribution in [0.1, 0.15) is 17.4 Å². The molecule has 0 aromatic carbocycles. The molecular formula is C10H11N3O. The Hall–Kier alpha value is -1.84. The second-order valence-corrected chi connectivity index (χ2v) is 3.01. The number of nitrogens with one attached hydrogen (secondary N) is 2. The average Bonchev–Trinajstić information content (AvgIpc) is 2.61. The van der Waals surface area contributed by atoms with Crippen LogP contribution in [-0.2, 0) is 0 Å². The van der Waals surface area contributed by atoms with Crippen molar-refractivity contribution in [2.45, 2.75) is 6.92 Å². The number of carbonyl (C=O) groups is 1. The highest BCUT2D eigenvalue weighted by molar-refractivity contribution is 5.97. The van der Waals surface area contributed by atoms with E-state index in [1.807, 2.05) is 13.0 Å². The molecule has 0 unspecified atom stereocenters. The Labute approximate surface area is 81.3 Å². The van der Waals surface area contributed by atoms with Crippen LogP contribution in [0.2, 0.25) is 0 Å². The number of nitrogens with zero attached hydrogens (tertiary/aromatic N) is 1. The molecule has 2 heterocycles. The van der Waals surface area contributed by atoms with Crippen molar-refractivity contribution in [3.05, 3.63) is 30.2 Å². The number of aromatic amines is 1. The average molecular weight is 189 g/mol. The number of aromatic nitrogens is 2. The summed E-state index contributed by atoms with van der Waals surface area (Å²) in [6.07, 6.45) is 3.43. The van der Waals surface area contributed by atoms with Gasteiger partial charge in [-0.3, -0.25) is 9.78 Å². The number of H-pyrrole nitrogens is 1. The van der Waals surface area contributed by atoms with E-state index in [9.17, 15) is 4.79 Å². The molecular weight excluding hydrogens is 178 g/mol. The minimum Gasteiger partial charge on any atom is -0.351 e. The van der Waals surface area contributed by atoms with E-state index in [0.717, 1.165) is 10.9 Å². The van der Waals surface area contributed by atoms with Crippen molar-refractivity contribution in [1.82, 2.24) is 15.3 Å². The fraction of sp³-hybridized carbons (Fsp3) is 0.200. The SMILES string of the molecule is CCNC(=O)c1cc2cnccc2[nH]1. The zero-order valence-corrected chi connectivity index (χ0v) is 7.87. The van der Waals surface area contributed by atoms with Crippen molar-refractivity contribution in [1.29, 1.82) is 0 Å². The number of rotatable bonds is 2. The highest BCUT2D eigenvalue weighted by Gasteiger charge is 2.07. The van der Waals surface area contributed by atoms with Gasteiger partial charge in [0.25, 0.3) is 5.91 Å². The van der Waals surface area contributed by atoms with E-state index >= 15 is 0 Å². The number of hydrogen-bond acceptors (Lipinski definition) is 2. The van der Waals surface area contributed by atoms with Crippen LogP contribution in [-0.4, -0.2) is 22.4 Å². The van der Waals surface area contributed by atoms with Crippen LogP contribution in [0.15, 0.2) is 24.5 Å². The summed E-state index contributed by atoms with van der Waals surface area (Å²) in [5.41, 5.74) is 1.51. The number of pyridine rings is 1. The summed E-state index contributed by atoms with van der Waals surface area (Å²) < 4.78 is 0. The largest absolute Gasteiger partial charge is 0.351 e. The first kappa shape index (κ1) is 8.74. The van der Waals surface area contributed by atoms with Crippen LogP contribution in [0.5, 0.6) is 0 Å². The molecule has 0 radical (unpaired) electrons. The Morgan fingerprint density at radius 2 is 2.50 bits per heavy atom. The van der Waals surface area contributed by atoms with Gasteiger partial charge in [0.15, 0.2) is 0 Å². The van der Waals surface area contributed by atoms with Crippen molar-refractivity contribution in [2.75, 3.05) is 6.54 Å². The normalized spacial score (nSPS) is 10.4. The number of hydrogen-bond donors (Lipinski definition) is 2. The molecule has 0 saturated heterocycles. The van der Waals surface area contributed by atoms with Gasteiger partial charge in [0.1, 0.15) is 5.69 Å². The van der Waals surface area contributed by atoms with Gasteiger partial charge in [-0.2, -0.15) is 0 Å². The molecule has 0 aliphatic carbocycles. The van der Waals surface area contributed by atoms with Crippen LogP contribution in [0, 0.1) is 0 Å². The zero-order valence-electron chi connectivity index (χ0n) is 7.87. The smallest absolute Gasteiger partial charge is 0.267 e. The van der Waals surface area contributed by atoms with Gasteiger partial charge < -0.3 is 10.3 Å². The Balaban J connectivity index is 2.40. The summed E-state index contributed by atoms with van der Waals surface area (Å²) in [5, 5.41) is 3.68. The van der Waals surface area contributed by atoms with E-state index < -0.39 is 0 Å². The summed E-state index contributed by atoms with van der Waals surface area (Å²) in [6, 6.07) is 3.64. The summed E-state index contributed by atoms with van der Waals surface area (Å²) in [4.78, 5) is 18.5. The molecule has 0 saturated carbocycles. The van der Waals surface area contributed by atoms with Gasteiger partial charge in [-0.05, 0) is 19.1 Å². The predicted octanol–water partition coefficient (Wildman–Crippen LogP) is 1.31. The Morgan fingerprint density at radius 1 is 1.64 bits per heavy atom. The van der Waals surface area contributed by atoms with E-state index in [4.69, 9.17) is 0 Å². The molecule has 0 aliphatic rings. The molecule has 4 heteroatoms. The fourth-order valence-electron chi connectivity index (χ4n) is 1.35. The molecule has 0 bridgehead atoms. The predicted molar refractivity (Wildman–Crippen MR) is 54.1 cm³/mol. The van der Waals surface area contributed by atoms with Crippen molar-refractivity contribution in [3.63, 3.8) is 0 Å².